The van der Waals surface area contributed by atoms with E-state index < -0.39 is 23.8 Å². The first-order chi connectivity index (χ1) is 13.5. The number of aliphatic carboxylic acids is 1. The smallest absolute Gasteiger partial charge is 0.333 e. The molecular formula is C21H35NO6. The standard InChI is InChI=1S/C21H35NO6/c23-18-16-17-19(24)22(18)28-21(27)15-13-11-9-7-5-3-1-2-4-6-8-10-12-14-20(25)26/h1-17H2,(H,25,26). The van der Waals surface area contributed by atoms with Crippen LogP contribution in [0.15, 0.2) is 0 Å². The molecular weight excluding hydrogens is 362 g/mol. The average molecular weight is 398 g/mol. The highest BCUT2D eigenvalue weighted by atomic mass is 16.7. The molecule has 1 rings (SSSR count). The van der Waals surface area contributed by atoms with Crippen molar-refractivity contribution < 1.29 is 29.1 Å². The van der Waals surface area contributed by atoms with Gasteiger partial charge in [-0.3, -0.25) is 14.4 Å². The molecule has 0 aromatic heterocycles. The van der Waals surface area contributed by atoms with Crippen molar-refractivity contribution in [1.82, 2.24) is 5.06 Å². The summed E-state index contributed by atoms with van der Waals surface area (Å²) in [5.74, 6) is -2.07. The quantitative estimate of drug-likeness (QED) is 0.286. The van der Waals surface area contributed by atoms with Crippen molar-refractivity contribution in [1.29, 1.82) is 0 Å². The predicted molar refractivity (Wildman–Crippen MR) is 104 cm³/mol. The molecule has 1 fully saturated rings. The predicted octanol–water partition coefficient (Wildman–Crippen LogP) is 4.53. The Labute approximate surface area is 167 Å². The fraction of sp³-hybridized carbons (Fsp3) is 0.810. The largest absolute Gasteiger partial charge is 0.481 e. The number of rotatable bonds is 17. The van der Waals surface area contributed by atoms with Gasteiger partial charge in [0.15, 0.2) is 0 Å². The van der Waals surface area contributed by atoms with Crippen molar-refractivity contribution in [2.45, 2.75) is 109 Å². The zero-order valence-electron chi connectivity index (χ0n) is 17.0. The molecule has 0 bridgehead atoms. The van der Waals surface area contributed by atoms with Gasteiger partial charge >= 0.3 is 11.9 Å². The minimum absolute atomic E-state index is 0.124. The molecule has 1 heterocycles. The van der Waals surface area contributed by atoms with Crippen LogP contribution in [0.25, 0.3) is 0 Å². The Balaban J connectivity index is 1.80. The summed E-state index contributed by atoms with van der Waals surface area (Å²) in [6, 6.07) is 0. The van der Waals surface area contributed by atoms with Crippen LogP contribution in [0.4, 0.5) is 0 Å². The molecule has 0 aliphatic carbocycles. The molecule has 2 amide bonds. The number of unbranched alkanes of at least 4 members (excludes halogenated alkanes) is 12. The van der Waals surface area contributed by atoms with E-state index in [4.69, 9.17) is 9.94 Å². The molecule has 0 aromatic rings. The summed E-state index contributed by atoms with van der Waals surface area (Å²) in [6.45, 7) is 0. The lowest BCUT2D eigenvalue weighted by atomic mass is 10.0. The molecule has 1 aliphatic heterocycles. The summed E-state index contributed by atoms with van der Waals surface area (Å²) in [5, 5.41) is 9.16. The molecule has 1 aliphatic rings. The Bertz CT molecular complexity index is 489. The number of nitrogens with zero attached hydrogens (tertiary/aromatic N) is 1. The maximum absolute atomic E-state index is 11.6. The molecule has 7 heteroatoms. The highest BCUT2D eigenvalue weighted by Gasteiger charge is 2.32. The molecule has 1 saturated heterocycles. The zero-order chi connectivity index (χ0) is 20.6. The molecule has 0 atom stereocenters. The second-order valence-corrected chi connectivity index (χ2v) is 7.54. The van der Waals surface area contributed by atoms with Crippen LogP contribution in [0.3, 0.4) is 0 Å². The first kappa shape index (κ1) is 24.1. The van der Waals surface area contributed by atoms with Crippen molar-refractivity contribution in [3.8, 4) is 0 Å². The minimum Gasteiger partial charge on any atom is -0.481 e. The number of carbonyl (C=O) groups excluding carboxylic acids is 3. The summed E-state index contributed by atoms with van der Waals surface area (Å²) < 4.78 is 0. The van der Waals surface area contributed by atoms with Gasteiger partial charge in [-0.15, -0.1) is 5.06 Å². The van der Waals surface area contributed by atoms with Crippen molar-refractivity contribution in [2.24, 2.45) is 0 Å². The van der Waals surface area contributed by atoms with Gasteiger partial charge in [-0.25, -0.2) is 4.79 Å². The van der Waals surface area contributed by atoms with Crippen LogP contribution in [0, 0.1) is 0 Å². The lowest BCUT2D eigenvalue weighted by Gasteiger charge is -2.12. The van der Waals surface area contributed by atoms with Crippen LogP contribution in [-0.4, -0.2) is 33.9 Å². The molecule has 28 heavy (non-hydrogen) atoms. The summed E-state index contributed by atoms with van der Waals surface area (Å²) in [4.78, 5) is 49.6. The fourth-order valence-corrected chi connectivity index (χ4v) is 3.30. The van der Waals surface area contributed by atoms with Gasteiger partial charge in [-0.1, -0.05) is 70.6 Å². The summed E-state index contributed by atoms with van der Waals surface area (Å²) >= 11 is 0. The first-order valence-electron chi connectivity index (χ1n) is 10.8. The Kier molecular flexibility index (Phi) is 13.0. The number of amides is 2. The van der Waals surface area contributed by atoms with Crippen LogP contribution in [0.1, 0.15) is 109 Å². The average Bonchev–Trinajstić information content (AvgIpc) is 2.96. The monoisotopic (exact) mass is 397 g/mol. The molecule has 0 unspecified atom stereocenters. The van der Waals surface area contributed by atoms with Gasteiger partial charge in [0.2, 0.25) is 0 Å². The van der Waals surface area contributed by atoms with Gasteiger partial charge in [0.25, 0.3) is 11.8 Å². The molecule has 7 nitrogen and oxygen atoms in total. The molecule has 160 valence electrons. The third kappa shape index (κ3) is 11.7. The van der Waals surface area contributed by atoms with Crippen LogP contribution < -0.4 is 0 Å². The summed E-state index contributed by atoms with van der Waals surface area (Å²) in [6.07, 6.45) is 15.0. The fourth-order valence-electron chi connectivity index (χ4n) is 3.30. The van der Waals surface area contributed by atoms with E-state index in [9.17, 15) is 19.2 Å². The minimum atomic E-state index is -0.699. The Hall–Kier alpha value is -1.92. The van der Waals surface area contributed by atoms with Crippen LogP contribution in [-0.2, 0) is 24.0 Å². The van der Waals surface area contributed by atoms with Crippen molar-refractivity contribution in [3.63, 3.8) is 0 Å². The Morgan fingerprint density at radius 3 is 1.43 bits per heavy atom. The molecule has 1 N–H and O–H groups in total. The van der Waals surface area contributed by atoms with Crippen molar-refractivity contribution >= 4 is 23.8 Å². The summed E-state index contributed by atoms with van der Waals surface area (Å²) in [5.41, 5.74) is 0. The van der Waals surface area contributed by atoms with E-state index in [2.05, 4.69) is 0 Å². The number of carboxylic acid groups (broad SMARTS) is 1. The lowest BCUT2D eigenvalue weighted by molar-refractivity contribution is -0.197. The highest BCUT2D eigenvalue weighted by Crippen LogP contribution is 2.15. The van der Waals surface area contributed by atoms with Crippen LogP contribution in [0.5, 0.6) is 0 Å². The van der Waals surface area contributed by atoms with Gasteiger partial charge in [-0.05, 0) is 12.8 Å². The number of hydrogen-bond acceptors (Lipinski definition) is 5. The number of hydrogen-bond donors (Lipinski definition) is 1. The third-order valence-corrected chi connectivity index (χ3v) is 4.97. The third-order valence-electron chi connectivity index (χ3n) is 4.97. The van der Waals surface area contributed by atoms with E-state index in [0.717, 1.165) is 44.9 Å². The topological polar surface area (TPSA) is 101 Å². The van der Waals surface area contributed by atoms with E-state index in [1.54, 1.807) is 0 Å². The second kappa shape index (κ2) is 15.1. The Morgan fingerprint density at radius 2 is 1.04 bits per heavy atom. The molecule has 0 radical (unpaired) electrons. The number of carboxylic acids is 1. The zero-order valence-corrected chi connectivity index (χ0v) is 17.0. The Morgan fingerprint density at radius 1 is 0.679 bits per heavy atom. The van der Waals surface area contributed by atoms with Crippen molar-refractivity contribution in [3.05, 3.63) is 0 Å². The van der Waals surface area contributed by atoms with E-state index in [-0.39, 0.29) is 19.3 Å². The van der Waals surface area contributed by atoms with Gasteiger partial charge in [0.1, 0.15) is 0 Å². The van der Waals surface area contributed by atoms with Gasteiger partial charge < -0.3 is 9.94 Å². The van der Waals surface area contributed by atoms with E-state index in [1.807, 2.05) is 0 Å². The number of carbonyl (C=O) groups is 4. The maximum Gasteiger partial charge on any atom is 0.333 e. The SMILES string of the molecule is O=C(O)CCCCCCCCCCCCCCCC(=O)ON1C(=O)CCC1=O. The first-order valence-corrected chi connectivity index (χ1v) is 10.8. The van der Waals surface area contributed by atoms with Gasteiger partial charge in [0, 0.05) is 25.7 Å². The van der Waals surface area contributed by atoms with E-state index in [1.165, 1.54) is 38.5 Å². The van der Waals surface area contributed by atoms with E-state index in [0.29, 0.717) is 11.5 Å². The number of imide groups is 1. The normalized spacial score (nSPS) is 13.9. The molecule has 0 saturated carbocycles. The van der Waals surface area contributed by atoms with E-state index >= 15 is 0 Å². The van der Waals surface area contributed by atoms with Gasteiger partial charge in [0.05, 0.1) is 0 Å². The summed E-state index contributed by atoms with van der Waals surface area (Å²) in [7, 11) is 0. The van der Waals surface area contributed by atoms with Gasteiger partial charge in [-0.2, -0.15) is 0 Å². The highest BCUT2D eigenvalue weighted by molar-refractivity contribution is 6.01. The molecule has 0 spiro atoms. The molecule has 0 aromatic carbocycles. The maximum atomic E-state index is 11.6. The van der Waals surface area contributed by atoms with Crippen LogP contribution >= 0.6 is 0 Å². The lowest BCUT2D eigenvalue weighted by Crippen LogP contribution is -2.31. The number of hydroxylamine groups is 2. The second-order valence-electron chi connectivity index (χ2n) is 7.54. The van der Waals surface area contributed by atoms with Crippen LogP contribution in [0.2, 0.25) is 0 Å². The van der Waals surface area contributed by atoms with Crippen molar-refractivity contribution in [2.75, 3.05) is 0 Å².